The van der Waals surface area contributed by atoms with Crippen molar-refractivity contribution < 1.29 is 14.3 Å². The zero-order valence-electron chi connectivity index (χ0n) is 8.28. The van der Waals surface area contributed by atoms with Gasteiger partial charge in [0, 0.05) is 10.0 Å². The summed E-state index contributed by atoms with van der Waals surface area (Å²) in [6, 6.07) is 4.22. The molecule has 1 aromatic carbocycles. The molecule has 88 valence electrons. The maximum Gasteiger partial charge on any atom is 0.357 e. The van der Waals surface area contributed by atoms with Crippen molar-refractivity contribution in [2.24, 2.45) is 0 Å². The second-order valence-corrected chi connectivity index (χ2v) is 5.14. The minimum Gasteiger partial charge on any atom is -0.476 e. The molecular formula is C10H6BrFN2O2S. The molecule has 7 heteroatoms. The van der Waals surface area contributed by atoms with E-state index >= 15 is 0 Å². The topological polar surface area (TPSA) is 76.2 Å². The average Bonchev–Trinajstić information content (AvgIpc) is 2.59. The van der Waals surface area contributed by atoms with Gasteiger partial charge in [-0.05, 0) is 18.2 Å². The Kier molecular flexibility index (Phi) is 3.12. The predicted molar refractivity (Wildman–Crippen MR) is 66.6 cm³/mol. The van der Waals surface area contributed by atoms with E-state index in [1.807, 2.05) is 0 Å². The van der Waals surface area contributed by atoms with Crippen molar-refractivity contribution in [3.8, 4) is 10.6 Å². The number of thiazole rings is 1. The Hall–Kier alpha value is -1.47. The molecule has 0 fully saturated rings. The smallest absolute Gasteiger partial charge is 0.357 e. The molecule has 0 unspecified atom stereocenters. The Bertz CT molecular complexity index is 580. The monoisotopic (exact) mass is 316 g/mol. The number of carboxylic acids is 1. The SMILES string of the molecule is Nc1sc(-c2cc(F)cc(Br)c2)nc1C(=O)O. The van der Waals surface area contributed by atoms with E-state index < -0.39 is 11.8 Å². The van der Waals surface area contributed by atoms with Gasteiger partial charge in [0.1, 0.15) is 15.8 Å². The lowest BCUT2D eigenvalue weighted by Crippen LogP contribution is -2.00. The molecule has 1 aromatic heterocycles. The number of halogens is 2. The molecule has 1 heterocycles. The van der Waals surface area contributed by atoms with Crippen LogP contribution in [0.25, 0.3) is 10.6 Å². The van der Waals surface area contributed by atoms with Crippen LogP contribution in [0.2, 0.25) is 0 Å². The van der Waals surface area contributed by atoms with Crippen molar-refractivity contribution >= 4 is 38.2 Å². The first kappa shape index (κ1) is 12.0. The highest BCUT2D eigenvalue weighted by Gasteiger charge is 2.16. The predicted octanol–water partition coefficient (Wildman–Crippen LogP) is 2.99. The van der Waals surface area contributed by atoms with Crippen molar-refractivity contribution in [1.29, 1.82) is 0 Å². The number of carbonyl (C=O) groups is 1. The lowest BCUT2D eigenvalue weighted by molar-refractivity contribution is 0.0692. The normalized spacial score (nSPS) is 10.5. The summed E-state index contributed by atoms with van der Waals surface area (Å²) in [4.78, 5) is 14.6. The second-order valence-electron chi connectivity index (χ2n) is 3.20. The van der Waals surface area contributed by atoms with Crippen LogP contribution in [0.4, 0.5) is 9.39 Å². The average molecular weight is 317 g/mol. The molecule has 0 aliphatic heterocycles. The zero-order chi connectivity index (χ0) is 12.6. The summed E-state index contributed by atoms with van der Waals surface area (Å²) < 4.78 is 13.7. The van der Waals surface area contributed by atoms with Gasteiger partial charge in [-0.2, -0.15) is 0 Å². The van der Waals surface area contributed by atoms with Crippen molar-refractivity contribution in [3.63, 3.8) is 0 Å². The van der Waals surface area contributed by atoms with E-state index in [1.165, 1.54) is 12.1 Å². The lowest BCUT2D eigenvalue weighted by atomic mass is 10.2. The third kappa shape index (κ3) is 2.45. The molecule has 2 aromatic rings. The van der Waals surface area contributed by atoms with Gasteiger partial charge in [0.25, 0.3) is 0 Å². The van der Waals surface area contributed by atoms with Crippen LogP contribution in [0.5, 0.6) is 0 Å². The number of nitrogens with zero attached hydrogens (tertiary/aromatic N) is 1. The van der Waals surface area contributed by atoms with Gasteiger partial charge >= 0.3 is 5.97 Å². The first-order valence-corrected chi connectivity index (χ1v) is 6.04. The van der Waals surface area contributed by atoms with Gasteiger partial charge in [0.2, 0.25) is 0 Å². The van der Waals surface area contributed by atoms with Crippen molar-refractivity contribution in [2.75, 3.05) is 5.73 Å². The van der Waals surface area contributed by atoms with E-state index in [0.29, 0.717) is 15.0 Å². The summed E-state index contributed by atoms with van der Waals surface area (Å²) in [6.07, 6.45) is 0. The quantitative estimate of drug-likeness (QED) is 0.893. The Morgan fingerprint density at radius 1 is 1.47 bits per heavy atom. The van der Waals surface area contributed by atoms with Crippen LogP contribution in [0.15, 0.2) is 22.7 Å². The molecule has 0 bridgehead atoms. The molecule has 0 aliphatic carbocycles. The minimum absolute atomic E-state index is 0.105. The molecule has 0 atom stereocenters. The van der Waals surface area contributed by atoms with Gasteiger partial charge < -0.3 is 10.8 Å². The molecule has 3 N–H and O–H groups in total. The molecule has 17 heavy (non-hydrogen) atoms. The molecule has 0 saturated heterocycles. The number of hydrogen-bond donors (Lipinski definition) is 2. The fraction of sp³-hybridized carbons (Fsp3) is 0. The summed E-state index contributed by atoms with van der Waals surface area (Å²) >= 11 is 4.17. The maximum absolute atomic E-state index is 13.2. The molecule has 2 rings (SSSR count). The van der Waals surface area contributed by atoms with Gasteiger partial charge in [0.05, 0.1) is 0 Å². The number of aromatic carboxylic acids is 1. The highest BCUT2D eigenvalue weighted by Crippen LogP contribution is 2.31. The maximum atomic E-state index is 13.2. The summed E-state index contributed by atoms with van der Waals surface area (Å²) in [6.45, 7) is 0. The minimum atomic E-state index is -1.19. The van der Waals surface area contributed by atoms with Crippen LogP contribution in [0.1, 0.15) is 10.5 Å². The molecule has 4 nitrogen and oxygen atoms in total. The number of nitrogen functional groups attached to an aromatic ring is 1. The third-order valence-corrected chi connectivity index (χ3v) is 3.36. The van der Waals surface area contributed by atoms with Crippen LogP contribution in [-0.4, -0.2) is 16.1 Å². The number of carboxylic acid groups (broad SMARTS) is 1. The van der Waals surface area contributed by atoms with E-state index in [0.717, 1.165) is 11.3 Å². The number of rotatable bonds is 2. The Morgan fingerprint density at radius 3 is 2.71 bits per heavy atom. The fourth-order valence-corrected chi connectivity index (χ4v) is 2.56. The van der Waals surface area contributed by atoms with Crippen LogP contribution >= 0.6 is 27.3 Å². The number of aromatic nitrogens is 1. The Morgan fingerprint density at radius 2 is 2.18 bits per heavy atom. The van der Waals surface area contributed by atoms with Gasteiger partial charge in [-0.25, -0.2) is 14.2 Å². The zero-order valence-corrected chi connectivity index (χ0v) is 10.7. The van der Waals surface area contributed by atoms with E-state index in [-0.39, 0.29) is 10.7 Å². The first-order valence-electron chi connectivity index (χ1n) is 4.43. The fourth-order valence-electron chi connectivity index (χ4n) is 1.29. The van der Waals surface area contributed by atoms with E-state index in [1.54, 1.807) is 6.07 Å². The molecule has 0 saturated carbocycles. The van der Waals surface area contributed by atoms with Crippen molar-refractivity contribution in [3.05, 3.63) is 34.2 Å². The number of nitrogens with two attached hydrogens (primary N) is 1. The molecule has 0 spiro atoms. The summed E-state index contributed by atoms with van der Waals surface area (Å²) in [5.41, 5.74) is 5.81. The molecular weight excluding hydrogens is 311 g/mol. The van der Waals surface area contributed by atoms with Crippen LogP contribution in [0, 0.1) is 5.82 Å². The van der Waals surface area contributed by atoms with Crippen molar-refractivity contribution in [2.45, 2.75) is 0 Å². The summed E-state index contributed by atoms with van der Waals surface area (Å²) in [7, 11) is 0. The van der Waals surface area contributed by atoms with Gasteiger partial charge in [-0.3, -0.25) is 0 Å². The molecule has 0 radical (unpaired) electrons. The Balaban J connectivity index is 2.53. The number of benzene rings is 1. The van der Waals surface area contributed by atoms with E-state index in [9.17, 15) is 9.18 Å². The van der Waals surface area contributed by atoms with Gasteiger partial charge in [-0.1, -0.05) is 27.3 Å². The van der Waals surface area contributed by atoms with Crippen LogP contribution in [-0.2, 0) is 0 Å². The van der Waals surface area contributed by atoms with E-state index in [2.05, 4.69) is 20.9 Å². The van der Waals surface area contributed by atoms with Gasteiger partial charge in [0.15, 0.2) is 5.69 Å². The summed E-state index contributed by atoms with van der Waals surface area (Å²) in [5.74, 6) is -1.62. The highest BCUT2D eigenvalue weighted by atomic mass is 79.9. The Labute approximate surface area is 108 Å². The standard InChI is InChI=1S/C10H6BrFN2O2S/c11-5-1-4(2-6(12)3-5)9-14-7(10(15)16)8(13)17-9/h1-3H,13H2,(H,15,16). The van der Waals surface area contributed by atoms with Crippen LogP contribution < -0.4 is 5.73 Å². The molecule has 0 aliphatic rings. The largest absolute Gasteiger partial charge is 0.476 e. The molecule has 0 amide bonds. The van der Waals surface area contributed by atoms with E-state index in [4.69, 9.17) is 10.8 Å². The second kappa shape index (κ2) is 4.42. The first-order chi connectivity index (χ1) is 7.97. The third-order valence-electron chi connectivity index (χ3n) is 1.97. The number of anilines is 1. The number of hydrogen-bond acceptors (Lipinski definition) is 4. The lowest BCUT2D eigenvalue weighted by Gasteiger charge is -1.97. The van der Waals surface area contributed by atoms with Crippen LogP contribution in [0.3, 0.4) is 0 Å². The van der Waals surface area contributed by atoms with Crippen molar-refractivity contribution in [1.82, 2.24) is 4.98 Å². The summed E-state index contributed by atoms with van der Waals surface area (Å²) in [5, 5.41) is 9.30. The highest BCUT2D eigenvalue weighted by molar-refractivity contribution is 9.10. The van der Waals surface area contributed by atoms with Gasteiger partial charge in [-0.15, -0.1) is 0 Å².